The van der Waals surface area contributed by atoms with E-state index in [0.717, 1.165) is 56.4 Å². The normalized spacial score (nSPS) is 14.6. The van der Waals surface area contributed by atoms with Gasteiger partial charge in [-0.2, -0.15) is 0 Å². The number of para-hydroxylation sites is 3. The number of nitrogens with zero attached hydrogens (tertiary/aromatic N) is 3. The lowest BCUT2D eigenvalue weighted by atomic mass is 9.94. The van der Waals surface area contributed by atoms with Crippen LogP contribution in [0.25, 0.3) is 16.7 Å². The van der Waals surface area contributed by atoms with Gasteiger partial charge in [-0.3, -0.25) is 9.36 Å². The van der Waals surface area contributed by atoms with Crippen molar-refractivity contribution in [3.8, 4) is 0 Å². The lowest BCUT2D eigenvalue weighted by molar-refractivity contribution is -0.113. The predicted octanol–water partition coefficient (Wildman–Crippen LogP) is 7.46. The van der Waals surface area contributed by atoms with Gasteiger partial charge < -0.3 is 15.5 Å². The van der Waals surface area contributed by atoms with Gasteiger partial charge in [0, 0.05) is 29.8 Å². The van der Waals surface area contributed by atoms with E-state index in [1.54, 1.807) is 0 Å². The van der Waals surface area contributed by atoms with Crippen molar-refractivity contribution in [2.75, 3.05) is 22.6 Å². The van der Waals surface area contributed by atoms with E-state index in [4.69, 9.17) is 4.98 Å². The molecule has 1 atom stereocenters. The Morgan fingerprint density at radius 2 is 1.56 bits per heavy atom. The zero-order valence-electron chi connectivity index (χ0n) is 22.6. The minimum absolute atomic E-state index is 0.133. The monoisotopic (exact) mass is 513 g/mol. The second kappa shape index (κ2) is 9.80. The summed E-state index contributed by atoms with van der Waals surface area (Å²) in [6, 6.07) is 32.3. The average molecular weight is 514 g/mol. The van der Waals surface area contributed by atoms with Crippen molar-refractivity contribution in [3.63, 3.8) is 0 Å². The number of nitrogens with one attached hydrogen (secondary N) is 2. The van der Waals surface area contributed by atoms with Crippen molar-refractivity contribution in [2.45, 2.75) is 26.8 Å². The Morgan fingerprint density at radius 1 is 0.872 bits per heavy atom. The molecule has 0 saturated carbocycles. The van der Waals surface area contributed by atoms with E-state index in [0.29, 0.717) is 5.57 Å². The quantitative estimate of drug-likeness (QED) is 0.256. The third-order valence-corrected chi connectivity index (χ3v) is 7.48. The summed E-state index contributed by atoms with van der Waals surface area (Å²) in [6.07, 6.45) is 0. The van der Waals surface area contributed by atoms with Crippen molar-refractivity contribution < 1.29 is 4.79 Å². The van der Waals surface area contributed by atoms with Crippen molar-refractivity contribution in [1.29, 1.82) is 0 Å². The highest BCUT2D eigenvalue weighted by atomic mass is 16.1. The topological polar surface area (TPSA) is 62.2 Å². The number of aryl methyl sites for hydroxylation is 2. The number of benzene rings is 4. The minimum Gasteiger partial charge on any atom is -0.345 e. The summed E-state index contributed by atoms with van der Waals surface area (Å²) in [4.78, 5) is 21.0. The summed E-state index contributed by atoms with van der Waals surface area (Å²) in [5, 5.41) is 6.75. The van der Waals surface area contributed by atoms with Crippen LogP contribution in [0.3, 0.4) is 0 Å². The van der Waals surface area contributed by atoms with Crippen LogP contribution in [0, 0.1) is 13.8 Å². The molecule has 0 spiro atoms. The van der Waals surface area contributed by atoms with E-state index in [9.17, 15) is 4.79 Å². The van der Waals surface area contributed by atoms with E-state index in [1.807, 2.05) is 73.0 Å². The number of fused-ring (bicyclic) bond motifs is 3. The first-order chi connectivity index (χ1) is 18.9. The zero-order chi connectivity index (χ0) is 27.1. The molecule has 0 unspecified atom stereocenters. The number of hydrogen-bond acceptors (Lipinski definition) is 4. The van der Waals surface area contributed by atoms with Gasteiger partial charge in [0.25, 0.3) is 5.91 Å². The second-order valence-corrected chi connectivity index (χ2v) is 10.1. The molecular weight excluding hydrogens is 482 g/mol. The molecule has 0 bridgehead atoms. The highest BCUT2D eigenvalue weighted by Gasteiger charge is 2.33. The van der Waals surface area contributed by atoms with Crippen LogP contribution in [0.4, 0.5) is 23.0 Å². The van der Waals surface area contributed by atoms with Crippen molar-refractivity contribution in [2.24, 2.45) is 0 Å². The summed E-state index contributed by atoms with van der Waals surface area (Å²) in [5.74, 6) is 0.595. The maximum Gasteiger partial charge on any atom is 0.255 e. The summed E-state index contributed by atoms with van der Waals surface area (Å²) in [7, 11) is 2.05. The number of amides is 1. The molecule has 6 heteroatoms. The van der Waals surface area contributed by atoms with Crippen LogP contribution in [0.2, 0.25) is 0 Å². The van der Waals surface area contributed by atoms with Crippen LogP contribution in [0.1, 0.15) is 29.7 Å². The van der Waals surface area contributed by atoms with Crippen LogP contribution in [-0.4, -0.2) is 22.5 Å². The van der Waals surface area contributed by atoms with E-state index in [-0.39, 0.29) is 11.9 Å². The molecule has 6 nitrogen and oxygen atoms in total. The Morgan fingerprint density at radius 3 is 2.31 bits per heavy atom. The number of imidazole rings is 1. The third-order valence-electron chi connectivity index (χ3n) is 7.48. The lowest BCUT2D eigenvalue weighted by Crippen LogP contribution is -2.30. The van der Waals surface area contributed by atoms with Crippen LogP contribution in [-0.2, 0) is 4.79 Å². The average Bonchev–Trinajstić information content (AvgIpc) is 3.33. The highest BCUT2D eigenvalue weighted by Crippen LogP contribution is 2.39. The fourth-order valence-electron chi connectivity index (χ4n) is 5.37. The molecule has 6 rings (SSSR count). The van der Waals surface area contributed by atoms with E-state index >= 15 is 0 Å². The minimum atomic E-state index is -0.365. The molecule has 2 heterocycles. The molecule has 2 N–H and O–H groups in total. The van der Waals surface area contributed by atoms with Gasteiger partial charge >= 0.3 is 0 Å². The van der Waals surface area contributed by atoms with Gasteiger partial charge in [0.1, 0.15) is 0 Å². The number of carbonyl (C=O) groups is 1. The Balaban J connectivity index is 1.41. The summed E-state index contributed by atoms with van der Waals surface area (Å²) in [6.45, 7) is 6.07. The SMILES string of the molecule is CC1=C(C(=O)Nc2ccc(C)cc2C)[C@H](c2ccc(N(C)c3ccccc3)cc2)Nc2nc3ccccc3n21. The third kappa shape index (κ3) is 4.44. The first-order valence-corrected chi connectivity index (χ1v) is 13.1. The molecule has 5 aromatic rings. The largest absolute Gasteiger partial charge is 0.345 e. The molecule has 0 radical (unpaired) electrons. The predicted molar refractivity (Wildman–Crippen MR) is 160 cm³/mol. The number of allylic oxidation sites excluding steroid dienone is 1. The van der Waals surface area contributed by atoms with Crippen molar-refractivity contribution in [1.82, 2.24) is 9.55 Å². The maximum atomic E-state index is 14.0. The Kier molecular flexibility index (Phi) is 6.15. The number of hydrogen-bond donors (Lipinski definition) is 2. The van der Waals surface area contributed by atoms with Gasteiger partial charge in [0.05, 0.1) is 22.6 Å². The van der Waals surface area contributed by atoms with Gasteiger partial charge in [0.15, 0.2) is 0 Å². The van der Waals surface area contributed by atoms with Gasteiger partial charge in [0.2, 0.25) is 5.95 Å². The van der Waals surface area contributed by atoms with E-state index in [1.165, 1.54) is 0 Å². The number of carbonyl (C=O) groups excluding carboxylic acids is 1. The Hall–Kier alpha value is -4.84. The summed E-state index contributed by atoms with van der Waals surface area (Å²) >= 11 is 0. The molecule has 194 valence electrons. The van der Waals surface area contributed by atoms with Crippen molar-refractivity contribution in [3.05, 3.63) is 119 Å². The molecule has 1 aliphatic heterocycles. The fraction of sp³-hybridized carbons (Fsp3) is 0.152. The molecule has 0 fully saturated rings. The first kappa shape index (κ1) is 24.5. The van der Waals surface area contributed by atoms with Crippen LogP contribution in [0.15, 0.2) is 103 Å². The highest BCUT2D eigenvalue weighted by molar-refractivity contribution is 6.10. The number of rotatable bonds is 5. The van der Waals surface area contributed by atoms with Gasteiger partial charge in [-0.25, -0.2) is 4.98 Å². The maximum absolute atomic E-state index is 14.0. The summed E-state index contributed by atoms with van der Waals surface area (Å²) in [5.41, 5.74) is 9.53. The Labute approximate surface area is 228 Å². The molecule has 1 aromatic heterocycles. The van der Waals surface area contributed by atoms with Crippen LogP contribution in [0.5, 0.6) is 0 Å². The number of aromatic nitrogens is 2. The molecular formula is C33H31N5O. The number of anilines is 4. The summed E-state index contributed by atoms with van der Waals surface area (Å²) < 4.78 is 2.04. The smallest absolute Gasteiger partial charge is 0.255 e. The van der Waals surface area contributed by atoms with Crippen LogP contribution < -0.4 is 15.5 Å². The van der Waals surface area contributed by atoms with Gasteiger partial charge in [-0.05, 0) is 74.4 Å². The molecule has 1 amide bonds. The molecule has 4 aromatic carbocycles. The van der Waals surface area contributed by atoms with Crippen LogP contribution >= 0.6 is 0 Å². The zero-order valence-corrected chi connectivity index (χ0v) is 22.6. The second-order valence-electron chi connectivity index (χ2n) is 10.1. The Bertz CT molecular complexity index is 1720. The first-order valence-electron chi connectivity index (χ1n) is 13.1. The van der Waals surface area contributed by atoms with Gasteiger partial charge in [-0.1, -0.05) is 60.2 Å². The fourth-order valence-corrected chi connectivity index (χ4v) is 5.37. The van der Waals surface area contributed by atoms with Crippen molar-refractivity contribution >= 4 is 45.6 Å². The van der Waals surface area contributed by atoms with E-state index in [2.05, 4.69) is 72.0 Å². The standard InChI is InChI=1S/C33H31N5O/c1-21-14-19-27(22(2)20-21)34-32(39)30-23(3)38-29-13-9-8-12-28(29)35-33(38)36-31(30)24-15-17-26(18-16-24)37(4)25-10-6-5-7-11-25/h5-20,31H,1-4H3,(H,34,39)(H,35,36)/t31-/m0/s1. The van der Waals surface area contributed by atoms with Gasteiger partial charge in [-0.15, -0.1) is 0 Å². The van der Waals surface area contributed by atoms with E-state index < -0.39 is 0 Å². The molecule has 39 heavy (non-hydrogen) atoms. The lowest BCUT2D eigenvalue weighted by Gasteiger charge is -2.30. The molecule has 0 aliphatic carbocycles. The molecule has 1 aliphatic rings. The molecule has 0 saturated heterocycles.